The lowest BCUT2D eigenvalue weighted by molar-refractivity contribution is -0.123. The van der Waals surface area contributed by atoms with E-state index >= 15 is 0 Å². The molecule has 1 atom stereocenters. The van der Waals surface area contributed by atoms with Crippen LogP contribution in [0.3, 0.4) is 0 Å². The van der Waals surface area contributed by atoms with Crippen LogP contribution in [0.25, 0.3) is 0 Å². The lowest BCUT2D eigenvalue weighted by Crippen LogP contribution is -2.48. The van der Waals surface area contributed by atoms with Gasteiger partial charge in [-0.1, -0.05) is 6.92 Å². The third-order valence-electron chi connectivity index (χ3n) is 4.68. The topological polar surface area (TPSA) is 64.7 Å². The molecule has 6 heteroatoms. The fraction of sp³-hybridized carbons (Fsp3) is 0.579. The van der Waals surface area contributed by atoms with Crippen LogP contribution in [0.1, 0.15) is 44.0 Å². The Kier molecular flexibility index (Phi) is 7.25. The minimum atomic E-state index is -0.300. The number of nitrogens with zero attached hydrogens (tertiary/aromatic N) is 2. The minimum Gasteiger partial charge on any atom is -0.372 e. The second-order valence-electron chi connectivity index (χ2n) is 6.70. The summed E-state index contributed by atoms with van der Waals surface area (Å²) in [5.74, 6) is 0.147. The normalized spacial score (nSPS) is 17.8. The SMILES string of the molecule is CCN(CC)c1ccc(C(=O)NNC(=O)CN2CCC[C@@H](C)C2)cc1. The Morgan fingerprint density at radius 3 is 2.44 bits per heavy atom. The van der Waals surface area contributed by atoms with Crippen LogP contribution in [0.4, 0.5) is 5.69 Å². The molecule has 2 N–H and O–H groups in total. The van der Waals surface area contributed by atoms with E-state index in [0.29, 0.717) is 18.0 Å². The average Bonchev–Trinajstić information content (AvgIpc) is 2.61. The summed E-state index contributed by atoms with van der Waals surface area (Å²) >= 11 is 0. The Morgan fingerprint density at radius 1 is 1.16 bits per heavy atom. The standard InChI is InChI=1S/C19H30N4O2/c1-4-23(5-2)17-10-8-16(9-11-17)19(25)21-20-18(24)14-22-12-6-7-15(3)13-22/h8-11,15H,4-7,12-14H2,1-3H3,(H,20,24)(H,21,25)/t15-/m1/s1. The van der Waals surface area contributed by atoms with Crippen molar-refractivity contribution in [2.75, 3.05) is 37.6 Å². The van der Waals surface area contributed by atoms with Crippen LogP contribution in [-0.2, 0) is 4.79 Å². The highest BCUT2D eigenvalue weighted by Gasteiger charge is 2.18. The number of piperidine rings is 1. The van der Waals surface area contributed by atoms with Gasteiger partial charge in [-0.25, -0.2) is 0 Å². The molecule has 25 heavy (non-hydrogen) atoms. The number of hydrogen-bond donors (Lipinski definition) is 2. The molecule has 0 unspecified atom stereocenters. The van der Waals surface area contributed by atoms with Crippen molar-refractivity contribution in [1.82, 2.24) is 15.8 Å². The number of carbonyl (C=O) groups is 2. The minimum absolute atomic E-state index is 0.179. The van der Waals surface area contributed by atoms with Crippen molar-refractivity contribution in [3.8, 4) is 0 Å². The van der Waals surface area contributed by atoms with E-state index in [1.165, 1.54) is 6.42 Å². The zero-order valence-corrected chi connectivity index (χ0v) is 15.5. The third kappa shape index (κ3) is 5.74. The van der Waals surface area contributed by atoms with Gasteiger partial charge in [-0.2, -0.15) is 0 Å². The molecule has 138 valence electrons. The molecule has 0 aromatic heterocycles. The van der Waals surface area contributed by atoms with Gasteiger partial charge in [0.25, 0.3) is 11.8 Å². The molecule has 6 nitrogen and oxygen atoms in total. The smallest absolute Gasteiger partial charge is 0.269 e. The van der Waals surface area contributed by atoms with Gasteiger partial charge in [0.1, 0.15) is 0 Å². The van der Waals surface area contributed by atoms with E-state index in [9.17, 15) is 9.59 Å². The van der Waals surface area contributed by atoms with E-state index in [1.807, 2.05) is 12.1 Å². The van der Waals surface area contributed by atoms with Gasteiger partial charge in [0.15, 0.2) is 0 Å². The van der Waals surface area contributed by atoms with E-state index in [0.717, 1.165) is 38.3 Å². The maximum absolute atomic E-state index is 12.2. The summed E-state index contributed by atoms with van der Waals surface area (Å²) in [5, 5.41) is 0. The molecule has 1 heterocycles. The van der Waals surface area contributed by atoms with Crippen molar-refractivity contribution < 1.29 is 9.59 Å². The molecule has 2 amide bonds. The summed E-state index contributed by atoms with van der Waals surface area (Å²) in [6, 6.07) is 7.42. The monoisotopic (exact) mass is 346 g/mol. The highest BCUT2D eigenvalue weighted by Crippen LogP contribution is 2.15. The first-order valence-corrected chi connectivity index (χ1v) is 9.20. The summed E-state index contributed by atoms with van der Waals surface area (Å²) < 4.78 is 0. The van der Waals surface area contributed by atoms with Crippen LogP contribution in [0.15, 0.2) is 24.3 Å². The Morgan fingerprint density at radius 2 is 1.84 bits per heavy atom. The lowest BCUT2D eigenvalue weighted by atomic mass is 10.0. The first-order valence-electron chi connectivity index (χ1n) is 9.20. The molecule has 1 saturated heterocycles. The Bertz CT molecular complexity index is 569. The molecule has 1 fully saturated rings. The number of rotatable bonds is 6. The van der Waals surface area contributed by atoms with Gasteiger partial charge in [-0.15, -0.1) is 0 Å². The number of carbonyl (C=O) groups excluding carboxylic acids is 2. The highest BCUT2D eigenvalue weighted by atomic mass is 16.2. The van der Waals surface area contributed by atoms with Crippen LogP contribution in [0.5, 0.6) is 0 Å². The number of amides is 2. The first-order chi connectivity index (χ1) is 12.0. The molecule has 0 saturated carbocycles. The average molecular weight is 346 g/mol. The molecule has 1 aromatic carbocycles. The van der Waals surface area contributed by atoms with Gasteiger partial charge in [0.2, 0.25) is 0 Å². The number of likely N-dealkylation sites (tertiary alicyclic amines) is 1. The summed E-state index contributed by atoms with van der Waals surface area (Å²) in [6.45, 7) is 10.5. The number of benzene rings is 1. The predicted molar refractivity (Wildman–Crippen MR) is 100 cm³/mol. The largest absolute Gasteiger partial charge is 0.372 e. The summed E-state index contributed by atoms with van der Waals surface area (Å²) in [4.78, 5) is 28.5. The van der Waals surface area contributed by atoms with Gasteiger partial charge in [-0.3, -0.25) is 25.3 Å². The number of hydrogen-bond acceptors (Lipinski definition) is 4. The quantitative estimate of drug-likeness (QED) is 0.774. The van der Waals surface area contributed by atoms with Crippen molar-refractivity contribution in [3.63, 3.8) is 0 Å². The molecule has 1 aliphatic heterocycles. The lowest BCUT2D eigenvalue weighted by Gasteiger charge is -2.30. The van der Waals surface area contributed by atoms with Crippen molar-refractivity contribution in [3.05, 3.63) is 29.8 Å². The Balaban J connectivity index is 1.80. The van der Waals surface area contributed by atoms with Crippen LogP contribution in [0.2, 0.25) is 0 Å². The molecule has 1 aliphatic rings. The van der Waals surface area contributed by atoms with E-state index in [-0.39, 0.29) is 11.8 Å². The molecule has 0 bridgehead atoms. The molecule has 1 aromatic rings. The molecule has 0 spiro atoms. The fourth-order valence-corrected chi connectivity index (χ4v) is 3.28. The van der Waals surface area contributed by atoms with Gasteiger partial charge in [0.05, 0.1) is 6.54 Å². The van der Waals surface area contributed by atoms with Crippen molar-refractivity contribution in [1.29, 1.82) is 0 Å². The van der Waals surface area contributed by atoms with Crippen LogP contribution < -0.4 is 15.8 Å². The Hall–Kier alpha value is -2.08. The van der Waals surface area contributed by atoms with Gasteiger partial charge in [-0.05, 0) is 63.4 Å². The number of nitrogens with one attached hydrogen (secondary N) is 2. The van der Waals surface area contributed by atoms with Gasteiger partial charge < -0.3 is 4.90 Å². The summed E-state index contributed by atoms with van der Waals surface area (Å²) in [6.07, 6.45) is 2.35. The predicted octanol–water partition coefficient (Wildman–Crippen LogP) is 2.03. The van der Waals surface area contributed by atoms with Crippen molar-refractivity contribution >= 4 is 17.5 Å². The summed E-state index contributed by atoms with van der Waals surface area (Å²) in [5.41, 5.74) is 6.63. The molecule has 0 radical (unpaired) electrons. The van der Waals surface area contributed by atoms with E-state index in [1.54, 1.807) is 12.1 Å². The van der Waals surface area contributed by atoms with Crippen LogP contribution >= 0.6 is 0 Å². The molecule has 0 aliphatic carbocycles. The second kappa shape index (κ2) is 9.42. The van der Waals surface area contributed by atoms with Gasteiger partial charge >= 0.3 is 0 Å². The maximum atomic E-state index is 12.2. The zero-order chi connectivity index (χ0) is 18.2. The van der Waals surface area contributed by atoms with E-state index in [2.05, 4.69) is 41.4 Å². The summed E-state index contributed by atoms with van der Waals surface area (Å²) in [7, 11) is 0. The van der Waals surface area contributed by atoms with Crippen molar-refractivity contribution in [2.45, 2.75) is 33.6 Å². The van der Waals surface area contributed by atoms with Crippen LogP contribution in [0, 0.1) is 5.92 Å². The fourth-order valence-electron chi connectivity index (χ4n) is 3.28. The highest BCUT2D eigenvalue weighted by molar-refractivity contribution is 5.95. The van der Waals surface area contributed by atoms with E-state index < -0.39 is 0 Å². The van der Waals surface area contributed by atoms with Gasteiger partial charge in [0, 0.05) is 30.9 Å². The number of hydrazine groups is 1. The second-order valence-corrected chi connectivity index (χ2v) is 6.70. The van der Waals surface area contributed by atoms with Crippen molar-refractivity contribution in [2.24, 2.45) is 5.92 Å². The molecular formula is C19H30N4O2. The third-order valence-corrected chi connectivity index (χ3v) is 4.68. The molecular weight excluding hydrogens is 316 g/mol. The van der Waals surface area contributed by atoms with Crippen LogP contribution in [-0.4, -0.2) is 49.4 Å². The first kappa shape index (κ1) is 19.2. The Labute approximate surface area is 150 Å². The maximum Gasteiger partial charge on any atom is 0.269 e. The zero-order valence-electron chi connectivity index (χ0n) is 15.5. The number of anilines is 1. The van der Waals surface area contributed by atoms with E-state index in [4.69, 9.17) is 0 Å². The molecule has 2 rings (SSSR count).